The Morgan fingerprint density at radius 3 is 2.47 bits per heavy atom. The summed E-state index contributed by atoms with van der Waals surface area (Å²) in [6, 6.07) is 6.44. The van der Waals surface area contributed by atoms with Gasteiger partial charge in [-0.15, -0.1) is 11.8 Å². The van der Waals surface area contributed by atoms with E-state index in [0.717, 1.165) is 26.8 Å². The maximum Gasteiger partial charge on any atom is 0.326 e. The van der Waals surface area contributed by atoms with E-state index in [4.69, 9.17) is 11.6 Å². The summed E-state index contributed by atoms with van der Waals surface area (Å²) in [4.78, 5) is 55.1. The highest BCUT2D eigenvalue weighted by Gasteiger charge is 2.70. The highest BCUT2D eigenvalue weighted by Crippen LogP contribution is 2.68. The molecule has 2 N–H and O–H groups in total. The van der Waals surface area contributed by atoms with E-state index in [1.54, 1.807) is 11.8 Å². The molecule has 2 bridgehead atoms. The summed E-state index contributed by atoms with van der Waals surface area (Å²) < 4.78 is 0. The molecule has 8 atom stereocenters. The molecule has 0 radical (unpaired) electrons. The lowest BCUT2D eigenvalue weighted by Gasteiger charge is -2.43. The second-order valence-electron chi connectivity index (χ2n) is 9.07. The van der Waals surface area contributed by atoms with Gasteiger partial charge in [0, 0.05) is 21.1 Å². The molecule has 7 nitrogen and oxygen atoms in total. The van der Waals surface area contributed by atoms with Crippen LogP contribution in [0.1, 0.15) is 29.7 Å². The molecule has 4 aliphatic rings. The van der Waals surface area contributed by atoms with Crippen LogP contribution in [0.5, 0.6) is 0 Å². The van der Waals surface area contributed by atoms with Gasteiger partial charge >= 0.3 is 10.8 Å². The van der Waals surface area contributed by atoms with Crippen LogP contribution in [0.25, 0.3) is 0 Å². The quantitative estimate of drug-likeness (QED) is 0.640. The predicted octanol–water partition coefficient (Wildman–Crippen LogP) is 3.04. The smallest absolute Gasteiger partial charge is 0.326 e. The number of hydrogen-bond acceptors (Lipinski definition) is 6. The van der Waals surface area contributed by atoms with Crippen LogP contribution in [0.2, 0.25) is 5.02 Å². The van der Waals surface area contributed by atoms with E-state index in [9.17, 15) is 24.3 Å². The van der Waals surface area contributed by atoms with Gasteiger partial charge < -0.3 is 10.1 Å². The van der Waals surface area contributed by atoms with Crippen molar-refractivity contribution in [1.29, 1.82) is 0 Å². The van der Waals surface area contributed by atoms with Gasteiger partial charge in [0.2, 0.25) is 11.8 Å². The van der Waals surface area contributed by atoms with Crippen LogP contribution in [0.4, 0.5) is 0 Å². The fourth-order valence-corrected chi connectivity index (χ4v) is 9.59. The van der Waals surface area contributed by atoms with Crippen LogP contribution in [0.15, 0.2) is 34.1 Å². The van der Waals surface area contributed by atoms with Gasteiger partial charge in [-0.05, 0) is 48.8 Å². The molecule has 3 fully saturated rings. The number of rotatable bonds is 3. The van der Waals surface area contributed by atoms with Gasteiger partial charge in [0.15, 0.2) is 0 Å². The van der Waals surface area contributed by atoms with Crippen molar-refractivity contribution in [3.05, 3.63) is 49.4 Å². The van der Waals surface area contributed by atoms with Crippen molar-refractivity contribution in [2.24, 2.45) is 29.6 Å². The molecule has 1 aromatic heterocycles. The summed E-state index contributed by atoms with van der Waals surface area (Å²) in [7, 11) is 0. The second-order valence-corrected chi connectivity index (χ2v) is 11.7. The normalized spacial score (nSPS) is 35.6. The second kappa shape index (κ2) is 6.95. The molecule has 2 aliphatic carbocycles. The SMILES string of the molecule is C[C@H](C(=O)O)N1C(=O)[C@@H]2[C@H]3C[C@@H]([C@@H]2C1=O)[C@@H]1[C@@H](c2ccc(Cl)cc2)c2sc(=O)[nH]c2S[C@H]31. The highest BCUT2D eigenvalue weighted by molar-refractivity contribution is 8.00. The first-order chi connectivity index (χ1) is 15.3. The monoisotopic (exact) mass is 490 g/mol. The number of thioether (sulfide) groups is 1. The largest absolute Gasteiger partial charge is 0.480 e. The van der Waals surface area contributed by atoms with Gasteiger partial charge in [-0.1, -0.05) is 35.1 Å². The van der Waals surface area contributed by atoms with E-state index in [1.807, 2.05) is 24.3 Å². The molecule has 6 rings (SSSR count). The Balaban J connectivity index is 1.45. The number of nitrogens with zero attached hydrogens (tertiary/aromatic N) is 1. The average Bonchev–Trinajstić information content (AvgIpc) is 3.47. The van der Waals surface area contributed by atoms with E-state index in [0.29, 0.717) is 5.02 Å². The zero-order valence-electron chi connectivity index (χ0n) is 16.9. The molecular weight excluding hydrogens is 472 g/mol. The summed E-state index contributed by atoms with van der Waals surface area (Å²) in [6.07, 6.45) is 0.772. The van der Waals surface area contributed by atoms with Crippen LogP contribution in [0.3, 0.4) is 0 Å². The molecule has 10 heteroatoms. The van der Waals surface area contributed by atoms with Crippen molar-refractivity contribution in [2.45, 2.75) is 35.6 Å². The molecule has 3 heterocycles. The number of imide groups is 1. The standard InChI is InChI=1S/C22H19ClN2O5S2/c1-7(21(28)29)25-19(26)14-10-6-11(15(14)20(25)27)16-13(10)12(8-2-4-9(23)5-3-8)17-18(31-16)24-22(30)32-17/h2-5,7,10-16H,6H2,1H3,(H,24,30)(H,28,29)/t7-,10-,11-,12-,13-,14+,15-,16-/m1/s1. The van der Waals surface area contributed by atoms with Gasteiger partial charge in [0.25, 0.3) is 0 Å². The number of halogens is 1. The third-order valence-electron chi connectivity index (χ3n) is 7.73. The van der Waals surface area contributed by atoms with Crippen LogP contribution in [-0.4, -0.2) is 44.1 Å². The number of benzene rings is 1. The molecule has 1 aromatic carbocycles. The predicted molar refractivity (Wildman–Crippen MR) is 119 cm³/mol. The minimum atomic E-state index is -1.18. The first-order valence-corrected chi connectivity index (χ1v) is 12.6. The number of H-pyrrole nitrogens is 1. The molecule has 0 unspecified atom stereocenters. The molecule has 1 saturated heterocycles. The number of aromatic nitrogens is 1. The Bertz CT molecular complexity index is 1220. The molecule has 2 aromatic rings. The molecule has 166 valence electrons. The summed E-state index contributed by atoms with van der Waals surface area (Å²) in [6.45, 7) is 1.39. The van der Waals surface area contributed by atoms with Gasteiger partial charge in [-0.3, -0.25) is 19.3 Å². The maximum absolute atomic E-state index is 13.3. The molecular formula is C22H19ClN2O5S2. The van der Waals surface area contributed by atoms with E-state index in [-0.39, 0.29) is 45.6 Å². The van der Waals surface area contributed by atoms with Crippen molar-refractivity contribution in [3.8, 4) is 0 Å². The van der Waals surface area contributed by atoms with Gasteiger partial charge in [-0.2, -0.15) is 0 Å². The number of hydrogen-bond donors (Lipinski definition) is 2. The fourth-order valence-electron chi connectivity index (χ4n) is 6.58. The number of likely N-dealkylation sites (tertiary alicyclic amines) is 1. The Kier molecular flexibility index (Phi) is 4.45. The number of aliphatic carboxylic acids is 1. The van der Waals surface area contributed by atoms with Crippen molar-refractivity contribution in [3.63, 3.8) is 0 Å². The molecule has 2 amide bonds. The zero-order chi connectivity index (χ0) is 22.5. The zero-order valence-corrected chi connectivity index (χ0v) is 19.2. The van der Waals surface area contributed by atoms with Crippen molar-refractivity contribution < 1.29 is 19.5 Å². The van der Waals surface area contributed by atoms with Crippen LogP contribution < -0.4 is 4.87 Å². The van der Waals surface area contributed by atoms with Crippen molar-refractivity contribution >= 4 is 52.5 Å². The minimum absolute atomic E-state index is 0.0196. The Hall–Kier alpha value is -2.10. The van der Waals surface area contributed by atoms with Crippen LogP contribution >= 0.6 is 34.7 Å². The molecule has 0 spiro atoms. The maximum atomic E-state index is 13.3. The van der Waals surface area contributed by atoms with Gasteiger partial charge in [0.05, 0.1) is 16.9 Å². The molecule has 2 saturated carbocycles. The number of aromatic amines is 1. The molecule has 2 aliphatic heterocycles. The Labute approximate surface area is 196 Å². The van der Waals surface area contributed by atoms with Gasteiger partial charge in [-0.25, -0.2) is 4.79 Å². The number of carbonyl (C=O) groups is 3. The number of nitrogens with one attached hydrogen (secondary N) is 1. The summed E-state index contributed by atoms with van der Waals surface area (Å²) in [5.41, 5.74) is 1.04. The fraction of sp³-hybridized carbons (Fsp3) is 0.455. The van der Waals surface area contributed by atoms with Crippen LogP contribution in [0, 0.1) is 29.6 Å². The number of fused-ring (bicyclic) bond motifs is 9. The minimum Gasteiger partial charge on any atom is -0.480 e. The lowest BCUT2D eigenvalue weighted by molar-refractivity contribution is -0.154. The highest BCUT2D eigenvalue weighted by atomic mass is 35.5. The van der Waals surface area contributed by atoms with E-state index < -0.39 is 23.8 Å². The number of amides is 2. The number of thiazole rings is 1. The van der Waals surface area contributed by atoms with E-state index in [2.05, 4.69) is 4.98 Å². The third-order valence-corrected chi connectivity index (χ3v) is 10.6. The lowest BCUT2D eigenvalue weighted by Crippen LogP contribution is -2.44. The first-order valence-electron chi connectivity index (χ1n) is 10.5. The molecule has 32 heavy (non-hydrogen) atoms. The topological polar surface area (TPSA) is 108 Å². The Morgan fingerprint density at radius 1 is 1.16 bits per heavy atom. The lowest BCUT2D eigenvalue weighted by atomic mass is 9.68. The third kappa shape index (κ3) is 2.61. The summed E-state index contributed by atoms with van der Waals surface area (Å²) >= 11 is 8.93. The first kappa shape index (κ1) is 20.5. The Morgan fingerprint density at radius 2 is 1.81 bits per heavy atom. The summed E-state index contributed by atoms with van der Waals surface area (Å²) in [5, 5.41) is 11.0. The van der Waals surface area contributed by atoms with E-state index in [1.165, 1.54) is 18.3 Å². The number of carboxylic acid groups (broad SMARTS) is 1. The number of carbonyl (C=O) groups excluding carboxylic acids is 2. The van der Waals surface area contributed by atoms with E-state index >= 15 is 0 Å². The van der Waals surface area contributed by atoms with Gasteiger partial charge in [0.1, 0.15) is 6.04 Å². The van der Waals surface area contributed by atoms with Crippen LogP contribution in [-0.2, 0) is 14.4 Å². The number of carboxylic acids is 1. The summed E-state index contributed by atoms with van der Waals surface area (Å²) in [5.74, 6) is -2.87. The van der Waals surface area contributed by atoms with Crippen molar-refractivity contribution in [2.75, 3.05) is 0 Å². The van der Waals surface area contributed by atoms with Crippen molar-refractivity contribution in [1.82, 2.24) is 9.88 Å². The average molecular weight is 491 g/mol.